The van der Waals surface area contributed by atoms with Gasteiger partial charge in [-0.25, -0.2) is 9.97 Å². The van der Waals surface area contributed by atoms with Crippen LogP contribution >= 0.6 is 11.8 Å². The Balaban J connectivity index is 1.07. The maximum atomic E-state index is 15.7. The van der Waals surface area contributed by atoms with Gasteiger partial charge >= 0.3 is 0 Å². The summed E-state index contributed by atoms with van der Waals surface area (Å²) >= 11 is 0.844. The van der Waals surface area contributed by atoms with Gasteiger partial charge in [-0.15, -0.1) is 11.8 Å². The number of unbranched alkanes of at least 4 members (excludes halogenated alkanes) is 2. The summed E-state index contributed by atoms with van der Waals surface area (Å²) in [6, 6.07) is 4.94. The predicted octanol–water partition coefficient (Wildman–Crippen LogP) is -0.962. The van der Waals surface area contributed by atoms with Crippen molar-refractivity contribution in [2.24, 2.45) is 17.4 Å². The van der Waals surface area contributed by atoms with Gasteiger partial charge in [0.15, 0.2) is 0 Å². The number of nitrogens with one attached hydrogen (secondary N) is 14. The van der Waals surface area contributed by atoms with E-state index in [1.54, 1.807) is 99.8 Å². The molecule has 3 aromatic carbocycles. The number of thioether (sulfide) groups is 1. The van der Waals surface area contributed by atoms with E-state index in [0.29, 0.717) is 71.1 Å². The molecule has 41 heteroatoms. The molecular weight excluding hydrogens is 1700 g/mol. The first kappa shape index (κ1) is 101. The van der Waals surface area contributed by atoms with Gasteiger partial charge < -0.3 is 109 Å². The van der Waals surface area contributed by atoms with E-state index in [1.807, 2.05) is 38.1 Å². The third kappa shape index (κ3) is 28.7. The standard InChI is InChI=1S/C89H123N23O17S/c1-10-12-24-58-44-108(6)72(29-13-11-2)84(124)101-65(37-57-42-93-50-98-57)82(122)107-71(79(119)96-43-75(91)115)47-130-48-77(117)100-67(33-53-22-15-14-16-23-53)87(127)110(8)52(5)78(118)103-69(38-74(90)114)89(129)112-31-21-30-73(112)85(125)102-64(36-56-41-92-49-97-56)81(121)104-66(32-51(3)4)86(126)109(7)45-76(116)99-63(34-54-39-94-61-27-19-17-25-59(54)61)80(120)106-70(46-113)83(123)105-68(88(128)111(58)9)35-55-40-95-62-28-20-18-26-60(55)62/h14-20,22-23,25-28,39-42,49-52,58,63-73,94-95,113H,10-13,21,24,29-38,43-48H2,1-9H3,(H2,90,114)(H2,91,115)(H,92,97)(H,93,98)(H,96,119)(H,99,116)(H,100,117)(H,101,124)(H,102,125)(H,103,118)(H,104,121)(H,105,123)(H,106,120)(H,107,122). The van der Waals surface area contributed by atoms with E-state index in [-0.39, 0.29) is 82.5 Å². The zero-order valence-corrected chi connectivity index (χ0v) is 75.6. The lowest BCUT2D eigenvalue weighted by atomic mass is 10.0. The second kappa shape index (κ2) is 48.9. The summed E-state index contributed by atoms with van der Waals surface area (Å²) in [7, 11) is 5.86. The van der Waals surface area contributed by atoms with Crippen molar-refractivity contribution in [3.63, 3.8) is 0 Å². The van der Waals surface area contributed by atoms with Crippen LogP contribution in [0.1, 0.15) is 127 Å². The summed E-state index contributed by atoms with van der Waals surface area (Å²) in [6.07, 6.45) is 10.5. The average molecular weight is 1820 g/mol. The molecule has 2 saturated heterocycles. The van der Waals surface area contributed by atoms with Crippen LogP contribution in [0.5, 0.6) is 0 Å². The SMILES string of the molecule is CCCCC1C(=O)NC(Cc2cnc[nH]2)C(=O)NC(C(=O)NCC(N)=O)CSCC(=O)NC(Cc2ccccc2)C(=O)N(C)C(C)C(=O)NC(CC(N)=O)C(=O)N2CCCC2C(=O)NC(Cc2cnc[nH]2)C(=O)NC(CC(C)C)C(=O)N(C)CC(=O)NC(Cc2c[nH]c3ccccc23)C(=O)NC(CO)C(=O)NC(Cc2c[nH]c3ccccc23)C(=O)N(C)C(CCCC)CN1C. The number of nitrogens with two attached hydrogens (primary N) is 2. The lowest BCUT2D eigenvalue weighted by Gasteiger charge is -2.37. The molecule has 4 aromatic heterocycles. The van der Waals surface area contributed by atoms with E-state index in [4.69, 9.17) is 11.5 Å². The number of carbonyl (C=O) groups excluding carboxylic acids is 16. The van der Waals surface area contributed by atoms with Crippen LogP contribution in [0.3, 0.4) is 0 Å². The molecule has 2 aliphatic heterocycles. The van der Waals surface area contributed by atoms with Gasteiger partial charge in [0.05, 0.1) is 50.6 Å². The molecular formula is C89H123N23O17S. The van der Waals surface area contributed by atoms with E-state index < -0.39 is 205 Å². The van der Waals surface area contributed by atoms with Gasteiger partial charge in [0, 0.05) is 136 Å². The van der Waals surface area contributed by atoms with Gasteiger partial charge in [-0.3, -0.25) is 81.6 Å². The maximum absolute atomic E-state index is 15.7. The quantitative estimate of drug-likeness (QED) is 0.0346. The Bertz CT molecular complexity index is 5070. The fraction of sp³-hybridized carbons (Fsp3) is 0.506. The molecule has 0 aliphatic carbocycles. The molecule has 19 N–H and O–H groups in total. The monoisotopic (exact) mass is 1820 g/mol. The number of aromatic nitrogens is 6. The van der Waals surface area contributed by atoms with Crippen molar-refractivity contribution in [1.82, 2.24) is 108 Å². The van der Waals surface area contributed by atoms with Gasteiger partial charge in [0.2, 0.25) is 94.5 Å². The normalized spacial score (nSPS) is 23.9. The summed E-state index contributed by atoms with van der Waals surface area (Å²) in [5, 5.41) is 39.6. The number of aromatic amines is 4. The van der Waals surface area contributed by atoms with Crippen LogP contribution in [-0.2, 0) is 109 Å². The van der Waals surface area contributed by atoms with E-state index in [0.717, 1.165) is 37.4 Å². The van der Waals surface area contributed by atoms with E-state index >= 15 is 19.2 Å². The van der Waals surface area contributed by atoms with Crippen LogP contribution in [0.15, 0.2) is 116 Å². The van der Waals surface area contributed by atoms with Crippen molar-refractivity contribution in [3.05, 3.63) is 144 Å². The van der Waals surface area contributed by atoms with Crippen molar-refractivity contribution in [2.75, 3.05) is 72.5 Å². The Morgan fingerprint density at radius 2 is 1.05 bits per heavy atom. The topological polar surface area (TPSA) is 571 Å². The third-order valence-corrected chi connectivity index (χ3v) is 24.2. The summed E-state index contributed by atoms with van der Waals surface area (Å²) in [4.78, 5) is 260. The highest BCUT2D eigenvalue weighted by atomic mass is 32.2. The maximum Gasteiger partial charge on any atom is 0.246 e. The molecule has 130 heavy (non-hydrogen) atoms. The first-order valence-electron chi connectivity index (χ1n) is 43.8. The molecule has 40 nitrogen and oxygen atoms in total. The molecule has 0 bridgehead atoms. The first-order valence-corrected chi connectivity index (χ1v) is 44.9. The predicted molar refractivity (Wildman–Crippen MR) is 483 cm³/mol. The van der Waals surface area contributed by atoms with Crippen LogP contribution in [0, 0.1) is 5.92 Å². The Morgan fingerprint density at radius 3 is 1.63 bits per heavy atom. The van der Waals surface area contributed by atoms with Crippen LogP contribution in [-0.4, -0.2) is 305 Å². The summed E-state index contributed by atoms with van der Waals surface area (Å²) in [5.74, 6) is -14.8. The Kier molecular flexibility index (Phi) is 37.9. The Hall–Kier alpha value is -13.1. The first-order chi connectivity index (χ1) is 62.1. The lowest BCUT2D eigenvalue weighted by molar-refractivity contribution is -0.145. The fourth-order valence-corrected chi connectivity index (χ4v) is 16.8. The highest BCUT2D eigenvalue weighted by molar-refractivity contribution is 8.00. The van der Waals surface area contributed by atoms with Crippen LogP contribution in [0.4, 0.5) is 0 Å². The number of rotatable bonds is 24. The number of hydrogen-bond donors (Lipinski definition) is 17. The number of hydrogen-bond acceptors (Lipinski definition) is 21. The van der Waals surface area contributed by atoms with Gasteiger partial charge in [0.25, 0.3) is 0 Å². The Morgan fingerprint density at radius 1 is 0.538 bits per heavy atom. The molecule has 16 amide bonds. The molecule has 0 saturated carbocycles. The Labute approximate surface area is 757 Å². The molecule has 13 atom stereocenters. The zero-order valence-electron chi connectivity index (χ0n) is 74.8. The third-order valence-electron chi connectivity index (χ3n) is 23.2. The number of fused-ring (bicyclic) bond motifs is 3. The van der Waals surface area contributed by atoms with E-state index in [9.17, 15) is 62.6 Å². The lowest BCUT2D eigenvalue weighted by Crippen LogP contribution is -2.60. The van der Waals surface area contributed by atoms with Crippen molar-refractivity contribution < 1.29 is 81.8 Å². The number of para-hydroxylation sites is 2. The minimum atomic E-state index is -1.77. The molecule has 13 unspecified atom stereocenters. The zero-order chi connectivity index (χ0) is 94.4. The van der Waals surface area contributed by atoms with Gasteiger partial charge in [-0.1, -0.05) is 120 Å². The molecule has 0 radical (unpaired) electrons. The van der Waals surface area contributed by atoms with Crippen molar-refractivity contribution >= 4 is 128 Å². The summed E-state index contributed by atoms with van der Waals surface area (Å²) in [5.41, 5.74) is 15.1. The second-order valence-corrected chi connectivity index (χ2v) is 34.6. The minimum Gasteiger partial charge on any atom is -0.394 e. The second-order valence-electron chi connectivity index (χ2n) is 33.6. The molecule has 9 rings (SSSR count). The number of aliphatic hydroxyl groups excluding tert-OH is 1. The van der Waals surface area contributed by atoms with Crippen LogP contribution < -0.4 is 64.6 Å². The molecule has 2 aliphatic rings. The summed E-state index contributed by atoms with van der Waals surface area (Å²) < 4.78 is 0. The average Bonchev–Trinajstić information content (AvgIpc) is 1.51. The number of H-pyrrole nitrogens is 4. The van der Waals surface area contributed by atoms with Crippen LogP contribution in [0.2, 0.25) is 0 Å². The minimum absolute atomic E-state index is 0.00588. The van der Waals surface area contributed by atoms with Crippen molar-refractivity contribution in [1.29, 1.82) is 0 Å². The molecule has 6 heterocycles. The highest BCUT2D eigenvalue weighted by Crippen LogP contribution is 2.26. The van der Waals surface area contributed by atoms with Gasteiger partial charge in [0.1, 0.15) is 66.5 Å². The van der Waals surface area contributed by atoms with E-state index in [2.05, 4.69) is 83.1 Å². The van der Waals surface area contributed by atoms with Gasteiger partial charge in [-0.05, 0) is 80.8 Å². The number of aliphatic hydroxyl groups is 1. The van der Waals surface area contributed by atoms with Crippen molar-refractivity contribution in [3.8, 4) is 0 Å². The number of amides is 16. The number of benzene rings is 3. The van der Waals surface area contributed by atoms with Crippen LogP contribution in [0.25, 0.3) is 21.8 Å². The number of imidazole rings is 2. The fourth-order valence-electron chi connectivity index (χ4n) is 15.9. The number of nitrogens with zero attached hydrogens (tertiary/aromatic N) is 7. The number of carbonyl (C=O) groups is 16. The molecule has 2 fully saturated rings. The van der Waals surface area contributed by atoms with E-state index in [1.165, 1.54) is 51.0 Å². The number of likely N-dealkylation sites (N-methyl/N-ethyl adjacent to an activating group) is 4. The largest absolute Gasteiger partial charge is 0.394 e. The number of primary amides is 2. The summed E-state index contributed by atoms with van der Waals surface area (Å²) in [6.45, 7) is 6.38. The van der Waals surface area contributed by atoms with Crippen molar-refractivity contribution in [2.45, 2.75) is 209 Å². The highest BCUT2D eigenvalue weighted by Gasteiger charge is 2.43. The molecule has 0 spiro atoms. The van der Waals surface area contributed by atoms with Gasteiger partial charge in [-0.2, -0.15) is 0 Å². The molecule has 7 aromatic rings. The molecule has 702 valence electrons. The smallest absolute Gasteiger partial charge is 0.246 e.